The molecule has 3 nitrogen and oxygen atoms in total. The van der Waals surface area contributed by atoms with Gasteiger partial charge in [0, 0.05) is 16.3 Å². The van der Waals surface area contributed by atoms with Crippen LogP contribution in [0.5, 0.6) is 0 Å². The lowest BCUT2D eigenvalue weighted by Crippen LogP contribution is -2.25. The van der Waals surface area contributed by atoms with Crippen molar-refractivity contribution in [3.05, 3.63) is 59.7 Å². The minimum absolute atomic E-state index is 0.0577. The molecule has 5 heteroatoms. The number of hydrogen-bond donors (Lipinski definition) is 1. The van der Waals surface area contributed by atoms with Crippen LogP contribution in [-0.4, -0.2) is 9.97 Å². The predicted octanol–water partition coefficient (Wildman–Crippen LogP) is 4.03. The molecule has 1 aromatic carbocycles. The maximum Gasteiger partial charge on any atom is 0.264 e. The number of nitrogens with one attached hydrogen (secondary N) is 1. The molecule has 0 atom stereocenters. The quantitative estimate of drug-likeness (QED) is 0.708. The van der Waals surface area contributed by atoms with E-state index in [1.807, 2.05) is 24.3 Å². The molecule has 0 saturated heterocycles. The number of rotatable bonds is 2. The van der Waals surface area contributed by atoms with Gasteiger partial charge < -0.3 is 4.98 Å². The summed E-state index contributed by atoms with van der Waals surface area (Å²) < 4.78 is 1.72. The molecule has 1 heterocycles. The van der Waals surface area contributed by atoms with E-state index in [1.165, 1.54) is 0 Å². The third-order valence-electron chi connectivity index (χ3n) is 2.91. The van der Waals surface area contributed by atoms with Crippen molar-refractivity contribution in [3.8, 4) is 0 Å². The van der Waals surface area contributed by atoms with Crippen molar-refractivity contribution < 1.29 is 0 Å². The number of aromatic nitrogens is 2. The molecular formula is C15H16BrIN2O. The van der Waals surface area contributed by atoms with Crippen molar-refractivity contribution in [1.82, 2.24) is 9.97 Å². The number of H-pyrrole nitrogens is 1. The van der Waals surface area contributed by atoms with E-state index in [2.05, 4.69) is 69.3 Å². The molecule has 106 valence electrons. The van der Waals surface area contributed by atoms with Gasteiger partial charge in [-0.15, -0.1) is 0 Å². The van der Waals surface area contributed by atoms with Gasteiger partial charge in [-0.2, -0.15) is 0 Å². The van der Waals surface area contributed by atoms with E-state index in [-0.39, 0.29) is 11.0 Å². The molecule has 0 bridgehead atoms. The average Bonchev–Trinajstić information content (AvgIpc) is 2.35. The lowest BCUT2D eigenvalue weighted by atomic mass is 9.92. The normalized spacial score (nSPS) is 11.7. The monoisotopic (exact) mass is 446 g/mol. The van der Waals surface area contributed by atoms with Crippen molar-refractivity contribution in [2.75, 3.05) is 0 Å². The molecule has 1 N–H and O–H groups in total. The van der Waals surface area contributed by atoms with Crippen LogP contribution in [0.1, 0.15) is 37.9 Å². The second kappa shape index (κ2) is 5.97. The lowest BCUT2D eigenvalue weighted by molar-refractivity contribution is 0.556. The summed E-state index contributed by atoms with van der Waals surface area (Å²) in [4.78, 5) is 19.6. The Morgan fingerprint density at radius 3 is 2.40 bits per heavy atom. The predicted molar refractivity (Wildman–Crippen MR) is 93.2 cm³/mol. The molecule has 1 aromatic heterocycles. The zero-order valence-electron chi connectivity index (χ0n) is 11.6. The maximum atomic E-state index is 12.0. The molecule has 20 heavy (non-hydrogen) atoms. The van der Waals surface area contributed by atoms with E-state index < -0.39 is 0 Å². The van der Waals surface area contributed by atoms with Crippen LogP contribution < -0.4 is 5.56 Å². The Morgan fingerprint density at radius 1 is 1.25 bits per heavy atom. The molecule has 0 aliphatic carbocycles. The lowest BCUT2D eigenvalue weighted by Gasteiger charge is -2.19. The summed E-state index contributed by atoms with van der Waals surface area (Å²) in [6, 6.07) is 8.03. The zero-order valence-corrected chi connectivity index (χ0v) is 15.4. The second-order valence-electron chi connectivity index (χ2n) is 5.73. The summed E-state index contributed by atoms with van der Waals surface area (Å²) in [5.41, 5.74) is 1.78. The van der Waals surface area contributed by atoms with Gasteiger partial charge in [-0.3, -0.25) is 4.79 Å². The van der Waals surface area contributed by atoms with Crippen molar-refractivity contribution in [3.63, 3.8) is 0 Å². The van der Waals surface area contributed by atoms with Crippen LogP contribution in [0.25, 0.3) is 0 Å². The van der Waals surface area contributed by atoms with Crippen molar-refractivity contribution >= 4 is 38.5 Å². The summed E-state index contributed by atoms with van der Waals surface area (Å²) >= 11 is 5.49. The fourth-order valence-electron chi connectivity index (χ4n) is 1.88. The Hall–Kier alpha value is -0.690. The van der Waals surface area contributed by atoms with Gasteiger partial charge in [0.15, 0.2) is 0 Å². The van der Waals surface area contributed by atoms with Crippen LogP contribution in [0.2, 0.25) is 0 Å². The number of hydrogen-bond acceptors (Lipinski definition) is 2. The Labute approximate surface area is 140 Å². The zero-order chi connectivity index (χ0) is 14.9. The molecule has 2 aromatic rings. The number of benzene rings is 1. The molecule has 0 aliphatic rings. The van der Waals surface area contributed by atoms with Gasteiger partial charge in [0.1, 0.15) is 9.39 Å². The summed E-state index contributed by atoms with van der Waals surface area (Å²) in [5.74, 6) is 0.711. The van der Waals surface area contributed by atoms with Gasteiger partial charge in [0.2, 0.25) is 0 Å². The minimum atomic E-state index is -0.140. The van der Waals surface area contributed by atoms with Crippen LogP contribution in [0.15, 0.2) is 33.5 Å². The number of aromatic amines is 1. The van der Waals surface area contributed by atoms with E-state index in [1.54, 1.807) is 0 Å². The highest BCUT2D eigenvalue weighted by Gasteiger charge is 2.21. The molecule has 0 saturated carbocycles. The number of halogens is 2. The van der Waals surface area contributed by atoms with Crippen LogP contribution in [-0.2, 0) is 11.8 Å². The van der Waals surface area contributed by atoms with Gasteiger partial charge >= 0.3 is 0 Å². The van der Waals surface area contributed by atoms with E-state index in [4.69, 9.17) is 0 Å². The molecular weight excluding hydrogens is 431 g/mol. The third kappa shape index (κ3) is 3.69. The van der Waals surface area contributed by atoms with Crippen LogP contribution in [0, 0.1) is 3.57 Å². The SMILES string of the molecule is CC(C)(C)c1nc(Cc2ccc(Br)cc2)[nH]c(=O)c1I. The Morgan fingerprint density at radius 2 is 1.85 bits per heavy atom. The molecule has 0 amide bonds. The standard InChI is InChI=1S/C15H16BrIN2O/c1-15(2,3)13-12(17)14(20)19-11(18-13)8-9-4-6-10(16)7-5-9/h4-7H,8H2,1-3H3,(H,18,19,20). The van der Waals surface area contributed by atoms with Gasteiger partial charge in [-0.1, -0.05) is 48.8 Å². The molecule has 2 rings (SSSR count). The average molecular weight is 447 g/mol. The summed E-state index contributed by atoms with van der Waals surface area (Å²) in [6.45, 7) is 6.21. The van der Waals surface area contributed by atoms with Crippen LogP contribution in [0.3, 0.4) is 0 Å². The molecule has 0 fully saturated rings. The maximum absolute atomic E-state index is 12.0. The molecule has 0 aliphatic heterocycles. The van der Waals surface area contributed by atoms with Crippen molar-refractivity contribution in [2.24, 2.45) is 0 Å². The summed E-state index contributed by atoms with van der Waals surface area (Å²) in [5, 5.41) is 0. The topological polar surface area (TPSA) is 45.8 Å². The third-order valence-corrected chi connectivity index (χ3v) is 4.44. The Bertz CT molecular complexity index is 672. The number of nitrogens with zero attached hydrogens (tertiary/aromatic N) is 1. The highest BCUT2D eigenvalue weighted by Crippen LogP contribution is 2.23. The summed E-state index contributed by atoms with van der Waals surface area (Å²) in [7, 11) is 0. The first kappa shape index (κ1) is 15.7. The smallest absolute Gasteiger partial charge is 0.264 e. The fourth-order valence-corrected chi connectivity index (χ4v) is 3.21. The van der Waals surface area contributed by atoms with Crippen molar-refractivity contribution in [1.29, 1.82) is 0 Å². The van der Waals surface area contributed by atoms with Crippen molar-refractivity contribution in [2.45, 2.75) is 32.6 Å². The Balaban J connectivity index is 2.41. The molecule has 0 spiro atoms. The largest absolute Gasteiger partial charge is 0.309 e. The van der Waals surface area contributed by atoms with Gasteiger partial charge in [-0.05, 0) is 40.3 Å². The van der Waals surface area contributed by atoms with E-state index in [9.17, 15) is 4.79 Å². The van der Waals surface area contributed by atoms with Crippen LogP contribution in [0.4, 0.5) is 0 Å². The van der Waals surface area contributed by atoms with Crippen LogP contribution >= 0.6 is 38.5 Å². The van der Waals surface area contributed by atoms with E-state index in [0.29, 0.717) is 15.8 Å². The first-order valence-electron chi connectivity index (χ1n) is 6.31. The van der Waals surface area contributed by atoms with E-state index >= 15 is 0 Å². The van der Waals surface area contributed by atoms with Gasteiger partial charge in [-0.25, -0.2) is 4.98 Å². The minimum Gasteiger partial charge on any atom is -0.309 e. The second-order valence-corrected chi connectivity index (χ2v) is 7.72. The first-order valence-corrected chi connectivity index (χ1v) is 8.18. The fraction of sp³-hybridized carbons (Fsp3) is 0.333. The first-order chi connectivity index (χ1) is 9.27. The van der Waals surface area contributed by atoms with Gasteiger partial charge in [0.05, 0.1) is 5.69 Å². The van der Waals surface area contributed by atoms with E-state index in [0.717, 1.165) is 15.7 Å². The summed E-state index contributed by atoms with van der Waals surface area (Å²) in [6.07, 6.45) is 0.628. The van der Waals surface area contributed by atoms with Gasteiger partial charge in [0.25, 0.3) is 5.56 Å². The Kier molecular flexibility index (Phi) is 4.69. The molecule has 0 radical (unpaired) electrons. The molecule has 0 unspecified atom stereocenters. The highest BCUT2D eigenvalue weighted by molar-refractivity contribution is 14.1. The highest BCUT2D eigenvalue weighted by atomic mass is 127.